The molecule has 3 aromatic rings. The third-order valence-electron chi connectivity index (χ3n) is 3.43. The molecule has 7 heteroatoms. The maximum atomic E-state index is 12.3. The molecular weight excluding hydrogens is 358 g/mol. The number of halogens is 1. The maximum absolute atomic E-state index is 12.3. The van der Waals surface area contributed by atoms with E-state index in [4.69, 9.17) is 0 Å². The van der Waals surface area contributed by atoms with Crippen molar-refractivity contribution in [2.45, 2.75) is 19.5 Å². The summed E-state index contributed by atoms with van der Waals surface area (Å²) in [6.45, 7) is 2.45. The molecule has 0 bridgehead atoms. The standard InChI is InChI=1S/C16H16BrN5O/c1-12(22-11-14(17)9-18-22)16(23)19-15-7-8-21(20-15)10-13-5-3-2-4-6-13/h2-9,11-12H,10H2,1H3,(H,19,20,23)/t12-/m0/s1. The summed E-state index contributed by atoms with van der Waals surface area (Å²) in [7, 11) is 0. The van der Waals surface area contributed by atoms with E-state index in [1.54, 1.807) is 34.7 Å². The third-order valence-corrected chi connectivity index (χ3v) is 3.84. The minimum Gasteiger partial charge on any atom is -0.307 e. The molecule has 1 atom stereocenters. The Kier molecular flexibility index (Phi) is 4.57. The van der Waals surface area contributed by atoms with E-state index in [-0.39, 0.29) is 5.91 Å². The van der Waals surface area contributed by atoms with Crippen LogP contribution in [-0.2, 0) is 11.3 Å². The van der Waals surface area contributed by atoms with Crippen LogP contribution in [0.4, 0.5) is 5.82 Å². The van der Waals surface area contributed by atoms with E-state index in [0.29, 0.717) is 12.4 Å². The summed E-state index contributed by atoms with van der Waals surface area (Å²) in [6.07, 6.45) is 5.26. The Hall–Kier alpha value is -2.41. The molecule has 0 saturated carbocycles. The second-order valence-electron chi connectivity index (χ2n) is 5.19. The highest BCUT2D eigenvalue weighted by Crippen LogP contribution is 2.14. The quantitative estimate of drug-likeness (QED) is 0.747. The summed E-state index contributed by atoms with van der Waals surface area (Å²) >= 11 is 3.32. The average molecular weight is 374 g/mol. The fourth-order valence-corrected chi connectivity index (χ4v) is 2.47. The molecule has 118 valence electrons. The highest BCUT2D eigenvalue weighted by Gasteiger charge is 2.16. The molecule has 1 N–H and O–H groups in total. The van der Waals surface area contributed by atoms with Gasteiger partial charge in [-0.15, -0.1) is 0 Å². The molecule has 1 aromatic carbocycles. The van der Waals surface area contributed by atoms with Crippen LogP contribution < -0.4 is 5.32 Å². The Balaban J connectivity index is 1.63. The van der Waals surface area contributed by atoms with E-state index in [0.717, 1.165) is 10.0 Å². The van der Waals surface area contributed by atoms with Crippen molar-refractivity contribution >= 4 is 27.7 Å². The van der Waals surface area contributed by atoms with Crippen LogP contribution in [0, 0.1) is 0 Å². The molecule has 2 heterocycles. The molecule has 0 unspecified atom stereocenters. The first-order chi connectivity index (χ1) is 11.1. The van der Waals surface area contributed by atoms with Gasteiger partial charge in [-0.2, -0.15) is 10.2 Å². The van der Waals surface area contributed by atoms with Crippen molar-refractivity contribution in [2.75, 3.05) is 5.32 Å². The highest BCUT2D eigenvalue weighted by molar-refractivity contribution is 9.10. The number of amides is 1. The van der Waals surface area contributed by atoms with Crippen molar-refractivity contribution in [3.63, 3.8) is 0 Å². The molecule has 0 radical (unpaired) electrons. The Morgan fingerprint density at radius 1 is 1.30 bits per heavy atom. The monoisotopic (exact) mass is 373 g/mol. The van der Waals surface area contributed by atoms with Crippen LogP contribution in [0.25, 0.3) is 0 Å². The minimum atomic E-state index is -0.416. The predicted molar refractivity (Wildman–Crippen MR) is 91.0 cm³/mol. The largest absolute Gasteiger partial charge is 0.307 e. The second kappa shape index (κ2) is 6.78. The molecule has 0 aliphatic carbocycles. The summed E-state index contributed by atoms with van der Waals surface area (Å²) in [5, 5.41) is 11.3. The van der Waals surface area contributed by atoms with Gasteiger partial charge in [0.2, 0.25) is 5.91 Å². The molecule has 0 spiro atoms. The summed E-state index contributed by atoms with van der Waals surface area (Å²) in [6, 6.07) is 11.4. The Morgan fingerprint density at radius 2 is 2.09 bits per heavy atom. The molecule has 0 saturated heterocycles. The number of nitrogens with zero attached hydrogens (tertiary/aromatic N) is 4. The van der Waals surface area contributed by atoms with Crippen molar-refractivity contribution in [1.82, 2.24) is 19.6 Å². The fourth-order valence-electron chi connectivity index (χ4n) is 2.16. The van der Waals surface area contributed by atoms with E-state index < -0.39 is 6.04 Å². The minimum absolute atomic E-state index is 0.162. The lowest BCUT2D eigenvalue weighted by Gasteiger charge is -2.11. The zero-order valence-corrected chi connectivity index (χ0v) is 14.1. The number of hydrogen-bond donors (Lipinski definition) is 1. The summed E-state index contributed by atoms with van der Waals surface area (Å²) in [4.78, 5) is 12.3. The molecule has 1 amide bonds. The zero-order chi connectivity index (χ0) is 16.2. The van der Waals surface area contributed by atoms with E-state index in [9.17, 15) is 4.79 Å². The van der Waals surface area contributed by atoms with Crippen molar-refractivity contribution in [2.24, 2.45) is 0 Å². The number of hydrogen-bond acceptors (Lipinski definition) is 3. The topological polar surface area (TPSA) is 64.7 Å². The molecule has 0 fully saturated rings. The first kappa shape index (κ1) is 15.5. The molecule has 6 nitrogen and oxygen atoms in total. The molecule has 3 rings (SSSR count). The van der Waals surface area contributed by atoms with Gasteiger partial charge in [0.05, 0.1) is 17.2 Å². The van der Waals surface area contributed by atoms with Crippen molar-refractivity contribution in [3.8, 4) is 0 Å². The lowest BCUT2D eigenvalue weighted by atomic mass is 10.2. The van der Waals surface area contributed by atoms with E-state index >= 15 is 0 Å². The van der Waals surface area contributed by atoms with Crippen LogP contribution in [-0.4, -0.2) is 25.5 Å². The lowest BCUT2D eigenvalue weighted by Crippen LogP contribution is -2.24. The van der Waals surface area contributed by atoms with Gasteiger partial charge >= 0.3 is 0 Å². The Morgan fingerprint density at radius 3 is 2.78 bits per heavy atom. The van der Waals surface area contributed by atoms with Gasteiger partial charge in [0.1, 0.15) is 6.04 Å². The average Bonchev–Trinajstić information content (AvgIpc) is 3.17. The van der Waals surface area contributed by atoms with Crippen molar-refractivity contribution < 1.29 is 4.79 Å². The first-order valence-corrected chi connectivity index (χ1v) is 7.99. The van der Waals surface area contributed by atoms with E-state index in [2.05, 4.69) is 31.4 Å². The Bertz CT molecular complexity index is 796. The smallest absolute Gasteiger partial charge is 0.250 e. The molecule has 0 aliphatic rings. The van der Waals surface area contributed by atoms with Crippen LogP contribution in [0.1, 0.15) is 18.5 Å². The summed E-state index contributed by atoms with van der Waals surface area (Å²) < 4.78 is 4.23. The normalized spacial score (nSPS) is 12.1. The molecule has 2 aromatic heterocycles. The molecule has 23 heavy (non-hydrogen) atoms. The highest BCUT2D eigenvalue weighted by atomic mass is 79.9. The number of carbonyl (C=O) groups excluding carboxylic acids is 1. The third kappa shape index (κ3) is 3.87. The van der Waals surface area contributed by atoms with Gasteiger partial charge in [-0.1, -0.05) is 30.3 Å². The van der Waals surface area contributed by atoms with Crippen LogP contribution in [0.15, 0.2) is 59.5 Å². The number of aromatic nitrogens is 4. The van der Waals surface area contributed by atoms with E-state index in [1.807, 2.05) is 36.5 Å². The number of benzene rings is 1. The number of anilines is 1. The van der Waals surface area contributed by atoms with Gasteiger partial charge in [0, 0.05) is 18.5 Å². The second-order valence-corrected chi connectivity index (χ2v) is 6.10. The molecule has 0 aliphatic heterocycles. The van der Waals surface area contributed by atoms with Crippen molar-refractivity contribution in [3.05, 3.63) is 65.0 Å². The van der Waals surface area contributed by atoms with Gasteiger partial charge < -0.3 is 5.32 Å². The zero-order valence-electron chi connectivity index (χ0n) is 12.6. The Labute approximate surface area is 142 Å². The predicted octanol–water partition coefficient (Wildman–Crippen LogP) is 3.09. The fraction of sp³-hybridized carbons (Fsp3) is 0.188. The SMILES string of the molecule is C[C@@H](C(=O)Nc1ccn(Cc2ccccc2)n1)n1cc(Br)cn1. The number of carbonyl (C=O) groups is 1. The first-order valence-electron chi connectivity index (χ1n) is 7.20. The molecular formula is C16H16BrN5O. The van der Waals surface area contributed by atoms with E-state index in [1.165, 1.54) is 0 Å². The number of rotatable bonds is 5. The van der Waals surface area contributed by atoms with Crippen LogP contribution in [0.5, 0.6) is 0 Å². The van der Waals surface area contributed by atoms with Gasteiger partial charge in [0.15, 0.2) is 5.82 Å². The maximum Gasteiger partial charge on any atom is 0.250 e. The van der Waals surface area contributed by atoms with Crippen LogP contribution >= 0.6 is 15.9 Å². The van der Waals surface area contributed by atoms with Gasteiger partial charge in [-0.3, -0.25) is 14.2 Å². The number of nitrogens with one attached hydrogen (secondary N) is 1. The van der Waals surface area contributed by atoms with Crippen LogP contribution in [0.3, 0.4) is 0 Å². The van der Waals surface area contributed by atoms with Gasteiger partial charge in [-0.25, -0.2) is 0 Å². The summed E-state index contributed by atoms with van der Waals surface area (Å²) in [5.41, 5.74) is 1.16. The van der Waals surface area contributed by atoms with Gasteiger partial charge in [0.25, 0.3) is 0 Å². The van der Waals surface area contributed by atoms with Crippen LogP contribution in [0.2, 0.25) is 0 Å². The van der Waals surface area contributed by atoms with Gasteiger partial charge in [-0.05, 0) is 28.4 Å². The summed E-state index contributed by atoms with van der Waals surface area (Å²) in [5.74, 6) is 0.370. The van der Waals surface area contributed by atoms with Crippen molar-refractivity contribution in [1.29, 1.82) is 0 Å². The lowest BCUT2D eigenvalue weighted by molar-refractivity contribution is -0.119.